The predicted octanol–water partition coefficient (Wildman–Crippen LogP) is 4.86. The number of para-hydroxylation sites is 1. The number of sulfonamides is 1. The van der Waals surface area contributed by atoms with Crippen LogP contribution in [-0.2, 0) is 16.6 Å². The van der Waals surface area contributed by atoms with Crippen molar-refractivity contribution in [2.24, 2.45) is 5.10 Å². The van der Waals surface area contributed by atoms with E-state index < -0.39 is 15.9 Å². The minimum absolute atomic E-state index is 0.0204. The Balaban J connectivity index is 1.69. The Morgan fingerprint density at radius 2 is 1.53 bits per heavy atom. The van der Waals surface area contributed by atoms with Gasteiger partial charge >= 0.3 is 0 Å². The predicted molar refractivity (Wildman–Crippen MR) is 147 cm³/mol. The molecule has 1 amide bonds. The Kier molecular flexibility index (Phi) is 8.40. The normalized spacial score (nSPS) is 11.2. The second-order valence-electron chi connectivity index (χ2n) is 8.17. The van der Waals surface area contributed by atoms with Crippen LogP contribution < -0.4 is 19.2 Å². The molecule has 0 aliphatic heterocycles. The van der Waals surface area contributed by atoms with E-state index in [4.69, 9.17) is 9.47 Å². The first-order valence-electron chi connectivity index (χ1n) is 11.7. The largest absolute Gasteiger partial charge is 0.497 e. The summed E-state index contributed by atoms with van der Waals surface area (Å²) in [5.74, 6) is 0.640. The highest BCUT2D eigenvalue weighted by Crippen LogP contribution is 2.30. The molecule has 0 aliphatic carbocycles. The Labute approximate surface area is 222 Å². The van der Waals surface area contributed by atoms with E-state index in [1.165, 1.54) is 29.8 Å². The molecule has 0 bridgehead atoms. The average molecular weight is 530 g/mol. The molecule has 0 unspecified atom stereocenters. The van der Waals surface area contributed by atoms with E-state index >= 15 is 0 Å². The maximum absolute atomic E-state index is 13.9. The number of ether oxygens (including phenoxy) is 2. The van der Waals surface area contributed by atoms with Gasteiger partial charge in [-0.15, -0.1) is 0 Å². The van der Waals surface area contributed by atoms with Gasteiger partial charge in [-0.3, -0.25) is 9.10 Å². The van der Waals surface area contributed by atoms with Crippen LogP contribution in [0.1, 0.15) is 21.5 Å². The topological polar surface area (TPSA) is 97.3 Å². The van der Waals surface area contributed by atoms with Gasteiger partial charge in [-0.2, -0.15) is 5.10 Å². The fourth-order valence-electron chi connectivity index (χ4n) is 3.75. The highest BCUT2D eigenvalue weighted by molar-refractivity contribution is 7.92. The van der Waals surface area contributed by atoms with Crippen molar-refractivity contribution in [2.75, 3.05) is 18.5 Å². The third kappa shape index (κ3) is 6.19. The van der Waals surface area contributed by atoms with Crippen LogP contribution in [0.3, 0.4) is 0 Å². The molecule has 38 heavy (non-hydrogen) atoms. The van der Waals surface area contributed by atoms with E-state index in [0.29, 0.717) is 11.5 Å². The standard InChI is InChI=1S/C29H27N3O5S/c1-36-24-15-17-26(18-16-24)38(34,35)32(21-22-9-4-3-5-10-22)28-14-7-6-13-27(28)29(33)31-30-20-23-11-8-12-25(19-23)37-2/h3-20H,21H2,1-2H3,(H,31,33)/b30-20-. The molecule has 0 spiro atoms. The van der Waals surface area contributed by atoms with E-state index in [9.17, 15) is 13.2 Å². The third-order valence-corrected chi connectivity index (χ3v) is 7.48. The summed E-state index contributed by atoms with van der Waals surface area (Å²) in [5.41, 5.74) is 4.37. The monoisotopic (exact) mass is 529 g/mol. The van der Waals surface area contributed by atoms with Crippen molar-refractivity contribution in [3.63, 3.8) is 0 Å². The summed E-state index contributed by atoms with van der Waals surface area (Å²) >= 11 is 0. The van der Waals surface area contributed by atoms with Gasteiger partial charge < -0.3 is 9.47 Å². The lowest BCUT2D eigenvalue weighted by atomic mass is 10.1. The van der Waals surface area contributed by atoms with Crippen molar-refractivity contribution in [3.8, 4) is 11.5 Å². The molecule has 0 saturated heterocycles. The van der Waals surface area contributed by atoms with Gasteiger partial charge in [0.15, 0.2) is 0 Å². The lowest BCUT2D eigenvalue weighted by molar-refractivity contribution is 0.0955. The number of rotatable bonds is 10. The van der Waals surface area contributed by atoms with Crippen LogP contribution >= 0.6 is 0 Å². The van der Waals surface area contributed by atoms with Gasteiger partial charge in [0, 0.05) is 0 Å². The van der Waals surface area contributed by atoms with Crippen molar-refractivity contribution in [2.45, 2.75) is 11.4 Å². The van der Waals surface area contributed by atoms with Gasteiger partial charge in [0.1, 0.15) is 11.5 Å². The lowest BCUT2D eigenvalue weighted by Crippen LogP contribution is -2.33. The van der Waals surface area contributed by atoms with E-state index in [0.717, 1.165) is 11.1 Å². The Morgan fingerprint density at radius 1 is 0.842 bits per heavy atom. The molecule has 0 fully saturated rings. The fraction of sp³-hybridized carbons (Fsp3) is 0.103. The number of hydrogen-bond donors (Lipinski definition) is 1. The van der Waals surface area contributed by atoms with Gasteiger partial charge in [-0.25, -0.2) is 13.8 Å². The van der Waals surface area contributed by atoms with Crippen molar-refractivity contribution in [3.05, 3.63) is 120 Å². The smallest absolute Gasteiger partial charge is 0.273 e. The average Bonchev–Trinajstić information content (AvgIpc) is 2.96. The zero-order chi connectivity index (χ0) is 27.0. The molecule has 4 rings (SSSR count). The number of nitrogens with zero attached hydrogens (tertiary/aromatic N) is 2. The zero-order valence-corrected chi connectivity index (χ0v) is 21.8. The minimum Gasteiger partial charge on any atom is -0.497 e. The number of hydrazone groups is 1. The molecular weight excluding hydrogens is 502 g/mol. The Hall–Kier alpha value is -4.63. The van der Waals surface area contributed by atoms with Crippen LogP contribution in [0.15, 0.2) is 113 Å². The molecule has 0 radical (unpaired) electrons. The number of methoxy groups -OCH3 is 2. The molecule has 0 aromatic heterocycles. The molecule has 9 heteroatoms. The first-order chi connectivity index (χ1) is 18.4. The number of amides is 1. The third-order valence-electron chi connectivity index (χ3n) is 5.71. The first-order valence-corrected chi connectivity index (χ1v) is 13.1. The molecule has 0 heterocycles. The first kappa shape index (κ1) is 26.4. The highest BCUT2D eigenvalue weighted by atomic mass is 32.2. The van der Waals surface area contributed by atoms with Crippen molar-refractivity contribution in [1.82, 2.24) is 5.43 Å². The fourth-order valence-corrected chi connectivity index (χ4v) is 5.23. The molecule has 0 atom stereocenters. The quantitative estimate of drug-likeness (QED) is 0.234. The van der Waals surface area contributed by atoms with Gasteiger partial charge in [-0.05, 0) is 59.7 Å². The van der Waals surface area contributed by atoms with Crippen molar-refractivity contribution < 1.29 is 22.7 Å². The summed E-state index contributed by atoms with van der Waals surface area (Å²) in [7, 11) is -0.983. The second kappa shape index (κ2) is 12.1. The van der Waals surface area contributed by atoms with Crippen LogP contribution in [0.5, 0.6) is 11.5 Å². The maximum Gasteiger partial charge on any atom is 0.273 e. The summed E-state index contributed by atoms with van der Waals surface area (Å²) in [6.07, 6.45) is 1.48. The van der Waals surface area contributed by atoms with Crippen molar-refractivity contribution >= 4 is 27.8 Å². The van der Waals surface area contributed by atoms with Gasteiger partial charge in [0.05, 0.1) is 43.1 Å². The summed E-state index contributed by atoms with van der Waals surface area (Å²) in [4.78, 5) is 13.3. The van der Waals surface area contributed by atoms with Crippen LogP contribution in [-0.4, -0.2) is 34.8 Å². The number of nitrogens with one attached hydrogen (secondary N) is 1. The molecule has 8 nitrogen and oxygen atoms in total. The molecule has 1 N–H and O–H groups in total. The Bertz CT molecular complexity index is 1520. The van der Waals surface area contributed by atoms with E-state index in [1.54, 1.807) is 55.6 Å². The van der Waals surface area contributed by atoms with E-state index in [1.807, 2.05) is 42.5 Å². The lowest BCUT2D eigenvalue weighted by Gasteiger charge is -2.26. The number of benzene rings is 4. The summed E-state index contributed by atoms with van der Waals surface area (Å²) in [6, 6.07) is 29.0. The number of anilines is 1. The molecular formula is C29H27N3O5S. The minimum atomic E-state index is -4.06. The van der Waals surface area contributed by atoms with Crippen LogP contribution in [0, 0.1) is 0 Å². The Morgan fingerprint density at radius 3 is 2.24 bits per heavy atom. The van der Waals surface area contributed by atoms with Gasteiger partial charge in [0.25, 0.3) is 15.9 Å². The summed E-state index contributed by atoms with van der Waals surface area (Å²) in [5, 5.41) is 4.06. The van der Waals surface area contributed by atoms with Gasteiger partial charge in [0.2, 0.25) is 0 Å². The highest BCUT2D eigenvalue weighted by Gasteiger charge is 2.28. The van der Waals surface area contributed by atoms with Crippen LogP contribution in [0.25, 0.3) is 0 Å². The van der Waals surface area contributed by atoms with Crippen LogP contribution in [0.2, 0.25) is 0 Å². The summed E-state index contributed by atoms with van der Waals surface area (Å²) < 4.78 is 39.4. The molecule has 0 aliphatic rings. The maximum atomic E-state index is 13.9. The van der Waals surface area contributed by atoms with E-state index in [2.05, 4.69) is 10.5 Å². The number of carbonyl (C=O) groups is 1. The van der Waals surface area contributed by atoms with E-state index in [-0.39, 0.29) is 22.7 Å². The zero-order valence-electron chi connectivity index (χ0n) is 20.9. The molecule has 0 saturated carbocycles. The number of carbonyl (C=O) groups excluding carboxylic acids is 1. The second-order valence-corrected chi connectivity index (χ2v) is 10.0. The summed E-state index contributed by atoms with van der Waals surface area (Å²) in [6.45, 7) is 0.0204. The van der Waals surface area contributed by atoms with Crippen LogP contribution in [0.4, 0.5) is 5.69 Å². The molecule has 4 aromatic carbocycles. The van der Waals surface area contributed by atoms with Crippen molar-refractivity contribution in [1.29, 1.82) is 0 Å². The number of hydrogen-bond acceptors (Lipinski definition) is 6. The molecule has 194 valence electrons. The molecule has 4 aromatic rings. The van der Waals surface area contributed by atoms with Gasteiger partial charge in [-0.1, -0.05) is 54.6 Å². The SMILES string of the molecule is COc1ccc(S(=O)(=O)N(Cc2ccccc2)c2ccccc2C(=O)N/N=C\c2cccc(OC)c2)cc1.